The Balaban J connectivity index is 2.25. The van der Waals surface area contributed by atoms with Gasteiger partial charge in [0.05, 0.1) is 6.04 Å². The monoisotopic (exact) mass is 214 g/mol. The summed E-state index contributed by atoms with van der Waals surface area (Å²) in [6.45, 7) is 3.83. The van der Waals surface area contributed by atoms with Gasteiger partial charge >= 0.3 is 0 Å². The van der Waals surface area contributed by atoms with E-state index >= 15 is 0 Å². The molecule has 0 radical (unpaired) electrons. The molecule has 1 amide bonds. The van der Waals surface area contributed by atoms with E-state index in [4.69, 9.17) is 5.11 Å². The van der Waals surface area contributed by atoms with Crippen LogP contribution in [0.15, 0.2) is 0 Å². The second-order valence-electron chi connectivity index (χ2n) is 4.17. The van der Waals surface area contributed by atoms with Crippen LogP contribution in [0.3, 0.4) is 0 Å². The molecule has 0 aromatic carbocycles. The SMILES string of the molecule is CCC1CCNC(C(=O)NCCCO)C1. The summed E-state index contributed by atoms with van der Waals surface area (Å²) in [6, 6.07) is -0.0256. The molecule has 4 heteroatoms. The molecule has 0 aromatic rings. The lowest BCUT2D eigenvalue weighted by Crippen LogP contribution is -2.48. The van der Waals surface area contributed by atoms with Gasteiger partial charge in [-0.3, -0.25) is 4.79 Å². The molecule has 0 saturated carbocycles. The van der Waals surface area contributed by atoms with E-state index in [2.05, 4.69) is 17.6 Å². The van der Waals surface area contributed by atoms with Crippen molar-refractivity contribution < 1.29 is 9.90 Å². The maximum Gasteiger partial charge on any atom is 0.237 e. The van der Waals surface area contributed by atoms with E-state index in [0.717, 1.165) is 19.4 Å². The smallest absolute Gasteiger partial charge is 0.237 e. The molecule has 1 aliphatic rings. The Morgan fingerprint density at radius 3 is 3.07 bits per heavy atom. The summed E-state index contributed by atoms with van der Waals surface area (Å²) in [5.74, 6) is 0.765. The predicted molar refractivity (Wildman–Crippen MR) is 59.5 cm³/mol. The average Bonchev–Trinajstić information content (AvgIpc) is 2.29. The lowest BCUT2D eigenvalue weighted by molar-refractivity contribution is -0.124. The minimum atomic E-state index is -0.0256. The van der Waals surface area contributed by atoms with Gasteiger partial charge in [0.25, 0.3) is 0 Å². The lowest BCUT2D eigenvalue weighted by atomic mass is 9.90. The maximum atomic E-state index is 11.7. The number of hydrogen-bond donors (Lipinski definition) is 3. The number of nitrogens with one attached hydrogen (secondary N) is 2. The first-order valence-electron chi connectivity index (χ1n) is 5.89. The second-order valence-corrected chi connectivity index (χ2v) is 4.17. The van der Waals surface area contributed by atoms with E-state index in [1.165, 1.54) is 6.42 Å². The normalized spacial score (nSPS) is 26.3. The summed E-state index contributed by atoms with van der Waals surface area (Å²) >= 11 is 0. The van der Waals surface area contributed by atoms with Crippen molar-refractivity contribution in [2.45, 2.75) is 38.6 Å². The molecule has 4 nitrogen and oxygen atoms in total. The third-order valence-electron chi connectivity index (χ3n) is 3.04. The van der Waals surface area contributed by atoms with Crippen molar-refractivity contribution >= 4 is 5.91 Å². The third kappa shape index (κ3) is 4.18. The standard InChI is InChI=1S/C11H22N2O2/c1-2-9-4-6-12-10(8-9)11(15)13-5-3-7-14/h9-10,12,14H,2-8H2,1H3,(H,13,15). The fourth-order valence-corrected chi connectivity index (χ4v) is 1.98. The van der Waals surface area contributed by atoms with Gasteiger partial charge in [0.15, 0.2) is 0 Å². The van der Waals surface area contributed by atoms with Crippen LogP contribution in [0.4, 0.5) is 0 Å². The summed E-state index contributed by atoms with van der Waals surface area (Å²) in [4.78, 5) is 11.7. The summed E-state index contributed by atoms with van der Waals surface area (Å²) in [7, 11) is 0. The van der Waals surface area contributed by atoms with Crippen molar-refractivity contribution in [3.8, 4) is 0 Å². The summed E-state index contributed by atoms with van der Waals surface area (Å²) < 4.78 is 0. The molecule has 15 heavy (non-hydrogen) atoms. The van der Waals surface area contributed by atoms with Crippen molar-refractivity contribution in [3.05, 3.63) is 0 Å². The number of aliphatic hydroxyl groups is 1. The Hall–Kier alpha value is -0.610. The van der Waals surface area contributed by atoms with Gasteiger partial charge in [-0.15, -0.1) is 0 Å². The minimum absolute atomic E-state index is 0.0256. The number of rotatable bonds is 5. The number of carbonyl (C=O) groups excluding carboxylic acids is 1. The Morgan fingerprint density at radius 2 is 2.40 bits per heavy atom. The highest BCUT2D eigenvalue weighted by molar-refractivity contribution is 5.81. The molecule has 1 heterocycles. The molecule has 0 spiro atoms. The van der Waals surface area contributed by atoms with Crippen LogP contribution in [0.25, 0.3) is 0 Å². The van der Waals surface area contributed by atoms with Crippen LogP contribution < -0.4 is 10.6 Å². The van der Waals surface area contributed by atoms with Gasteiger partial charge in [-0.2, -0.15) is 0 Å². The highest BCUT2D eigenvalue weighted by Gasteiger charge is 2.25. The van der Waals surface area contributed by atoms with Crippen LogP contribution in [-0.4, -0.2) is 36.8 Å². The molecule has 2 atom stereocenters. The zero-order chi connectivity index (χ0) is 11.1. The molecular formula is C11H22N2O2. The van der Waals surface area contributed by atoms with E-state index in [1.54, 1.807) is 0 Å². The van der Waals surface area contributed by atoms with Gasteiger partial charge in [0.2, 0.25) is 5.91 Å². The first-order valence-corrected chi connectivity index (χ1v) is 5.89. The highest BCUT2D eigenvalue weighted by Crippen LogP contribution is 2.19. The average molecular weight is 214 g/mol. The topological polar surface area (TPSA) is 61.4 Å². The quantitative estimate of drug-likeness (QED) is 0.575. The number of carbonyl (C=O) groups is 1. The van der Waals surface area contributed by atoms with E-state index in [9.17, 15) is 4.79 Å². The van der Waals surface area contributed by atoms with E-state index in [0.29, 0.717) is 18.9 Å². The summed E-state index contributed by atoms with van der Waals surface area (Å²) in [5.41, 5.74) is 0. The van der Waals surface area contributed by atoms with Crippen LogP contribution in [0.2, 0.25) is 0 Å². The zero-order valence-corrected chi connectivity index (χ0v) is 9.46. The molecule has 1 rings (SSSR count). The molecule has 88 valence electrons. The Kier molecular flexibility index (Phi) is 5.65. The molecule has 0 aromatic heterocycles. The first kappa shape index (κ1) is 12.5. The number of piperidine rings is 1. The van der Waals surface area contributed by atoms with Gasteiger partial charge in [-0.1, -0.05) is 13.3 Å². The highest BCUT2D eigenvalue weighted by atomic mass is 16.3. The van der Waals surface area contributed by atoms with Crippen LogP contribution >= 0.6 is 0 Å². The first-order chi connectivity index (χ1) is 7.27. The van der Waals surface area contributed by atoms with Gasteiger partial charge in [-0.05, 0) is 31.7 Å². The number of aliphatic hydroxyl groups excluding tert-OH is 1. The van der Waals surface area contributed by atoms with Crippen molar-refractivity contribution in [2.75, 3.05) is 19.7 Å². The van der Waals surface area contributed by atoms with Gasteiger partial charge < -0.3 is 15.7 Å². The summed E-state index contributed by atoms with van der Waals surface area (Å²) in [5, 5.41) is 14.7. The second kappa shape index (κ2) is 6.80. The number of amides is 1. The van der Waals surface area contributed by atoms with Gasteiger partial charge in [-0.25, -0.2) is 0 Å². The predicted octanol–water partition coefficient (Wildman–Crippen LogP) is 0.263. The fourth-order valence-electron chi connectivity index (χ4n) is 1.98. The van der Waals surface area contributed by atoms with Crippen LogP contribution in [0.5, 0.6) is 0 Å². The summed E-state index contributed by atoms with van der Waals surface area (Å²) in [6.07, 6.45) is 3.91. The van der Waals surface area contributed by atoms with Crippen LogP contribution in [0, 0.1) is 5.92 Å². The fraction of sp³-hybridized carbons (Fsp3) is 0.909. The molecule has 2 unspecified atom stereocenters. The van der Waals surface area contributed by atoms with E-state index in [-0.39, 0.29) is 18.6 Å². The zero-order valence-electron chi connectivity index (χ0n) is 9.46. The van der Waals surface area contributed by atoms with Gasteiger partial charge in [0.1, 0.15) is 0 Å². The number of hydrogen-bond acceptors (Lipinski definition) is 3. The molecule has 1 saturated heterocycles. The van der Waals surface area contributed by atoms with Crippen molar-refractivity contribution in [3.63, 3.8) is 0 Å². The Morgan fingerprint density at radius 1 is 1.60 bits per heavy atom. The molecule has 1 fully saturated rings. The van der Waals surface area contributed by atoms with Gasteiger partial charge in [0, 0.05) is 13.2 Å². The molecular weight excluding hydrogens is 192 g/mol. The molecule has 1 aliphatic heterocycles. The largest absolute Gasteiger partial charge is 0.396 e. The Labute approximate surface area is 91.4 Å². The lowest BCUT2D eigenvalue weighted by Gasteiger charge is -2.28. The molecule has 0 aliphatic carbocycles. The maximum absolute atomic E-state index is 11.7. The van der Waals surface area contributed by atoms with Crippen molar-refractivity contribution in [1.82, 2.24) is 10.6 Å². The van der Waals surface area contributed by atoms with Crippen LogP contribution in [-0.2, 0) is 4.79 Å². The molecule has 3 N–H and O–H groups in total. The van der Waals surface area contributed by atoms with Crippen molar-refractivity contribution in [2.24, 2.45) is 5.92 Å². The van der Waals surface area contributed by atoms with E-state index < -0.39 is 0 Å². The molecule has 0 bridgehead atoms. The van der Waals surface area contributed by atoms with Crippen molar-refractivity contribution in [1.29, 1.82) is 0 Å². The third-order valence-corrected chi connectivity index (χ3v) is 3.04. The minimum Gasteiger partial charge on any atom is -0.396 e. The Bertz CT molecular complexity index is 197. The van der Waals surface area contributed by atoms with E-state index in [1.807, 2.05) is 0 Å². The van der Waals surface area contributed by atoms with Crippen LogP contribution in [0.1, 0.15) is 32.6 Å².